The van der Waals surface area contributed by atoms with Gasteiger partial charge in [0.05, 0.1) is 24.2 Å². The zero-order chi connectivity index (χ0) is 13.7. The molecule has 0 fully saturated rings. The fourth-order valence-corrected chi connectivity index (χ4v) is 2.63. The molecule has 19 heavy (non-hydrogen) atoms. The second-order valence-electron chi connectivity index (χ2n) is 3.96. The maximum Gasteiger partial charge on any atom is 0.123 e. The molecule has 2 N–H and O–H groups in total. The molecule has 0 atom stereocenters. The van der Waals surface area contributed by atoms with E-state index in [2.05, 4.69) is 4.98 Å². The van der Waals surface area contributed by atoms with Gasteiger partial charge in [-0.15, -0.1) is 11.8 Å². The topological polar surface area (TPSA) is 48.1 Å². The Hall–Kier alpha value is -1.59. The quantitative estimate of drug-likeness (QED) is 0.674. The Bertz CT molecular complexity index is 546. The van der Waals surface area contributed by atoms with Gasteiger partial charge in [-0.2, -0.15) is 0 Å². The summed E-state index contributed by atoms with van der Waals surface area (Å²) >= 11 is 1.62. The first-order valence-electron chi connectivity index (χ1n) is 5.84. The summed E-state index contributed by atoms with van der Waals surface area (Å²) in [5.74, 6) is 0.559. The summed E-state index contributed by atoms with van der Waals surface area (Å²) in [6.07, 6.45) is 1.61. The van der Waals surface area contributed by atoms with Crippen molar-refractivity contribution in [1.29, 1.82) is 0 Å². The second-order valence-corrected chi connectivity index (χ2v) is 5.10. The molecule has 100 valence electrons. The van der Waals surface area contributed by atoms with Crippen molar-refractivity contribution in [2.75, 3.05) is 25.2 Å². The lowest BCUT2D eigenvalue weighted by Gasteiger charge is -2.09. The molecule has 0 aliphatic heterocycles. The minimum atomic E-state index is -0.257. The maximum absolute atomic E-state index is 13.0. The number of rotatable bonds is 5. The van der Waals surface area contributed by atoms with Crippen LogP contribution in [0.2, 0.25) is 0 Å². The van der Waals surface area contributed by atoms with E-state index in [0.29, 0.717) is 12.3 Å². The minimum Gasteiger partial charge on any atom is -0.397 e. The normalized spacial score (nSPS) is 10.6. The number of nitrogens with two attached hydrogens (primary N) is 1. The molecule has 0 bridgehead atoms. The molecule has 2 aromatic rings. The van der Waals surface area contributed by atoms with Gasteiger partial charge in [0, 0.05) is 23.3 Å². The van der Waals surface area contributed by atoms with Crippen LogP contribution in [0.25, 0.3) is 11.3 Å². The van der Waals surface area contributed by atoms with E-state index in [1.54, 1.807) is 37.2 Å². The molecule has 0 aliphatic rings. The monoisotopic (exact) mass is 278 g/mol. The maximum atomic E-state index is 13.0. The molecular weight excluding hydrogens is 263 g/mol. The lowest BCUT2D eigenvalue weighted by molar-refractivity contribution is 0.218. The SMILES string of the molecule is COCCSc1cc(N)cnc1-c1ccc(F)cc1. The van der Waals surface area contributed by atoms with E-state index in [1.165, 1.54) is 12.1 Å². The number of aromatic nitrogens is 1. The fraction of sp³-hybridized carbons (Fsp3) is 0.214. The molecule has 0 saturated carbocycles. The number of nitrogens with zero attached hydrogens (tertiary/aromatic N) is 1. The van der Waals surface area contributed by atoms with Crippen LogP contribution in [0.3, 0.4) is 0 Å². The molecule has 1 heterocycles. The summed E-state index contributed by atoms with van der Waals surface area (Å²) < 4.78 is 18.0. The van der Waals surface area contributed by atoms with Crippen molar-refractivity contribution in [3.05, 3.63) is 42.3 Å². The number of anilines is 1. The van der Waals surface area contributed by atoms with Crippen molar-refractivity contribution in [1.82, 2.24) is 4.98 Å². The zero-order valence-electron chi connectivity index (χ0n) is 10.6. The molecule has 2 rings (SSSR count). The average molecular weight is 278 g/mol. The number of thioether (sulfide) groups is 1. The smallest absolute Gasteiger partial charge is 0.123 e. The average Bonchev–Trinajstić information content (AvgIpc) is 2.41. The van der Waals surface area contributed by atoms with E-state index in [4.69, 9.17) is 10.5 Å². The predicted octanol–water partition coefficient (Wildman–Crippen LogP) is 3.21. The highest BCUT2D eigenvalue weighted by atomic mass is 32.2. The van der Waals surface area contributed by atoms with E-state index in [9.17, 15) is 4.39 Å². The van der Waals surface area contributed by atoms with Gasteiger partial charge in [-0.1, -0.05) is 0 Å². The number of methoxy groups -OCH3 is 1. The van der Waals surface area contributed by atoms with E-state index in [-0.39, 0.29) is 5.82 Å². The van der Waals surface area contributed by atoms with Crippen LogP contribution in [0.1, 0.15) is 0 Å². The van der Waals surface area contributed by atoms with Gasteiger partial charge in [0.15, 0.2) is 0 Å². The van der Waals surface area contributed by atoms with E-state index in [1.807, 2.05) is 6.07 Å². The van der Waals surface area contributed by atoms with Crippen molar-refractivity contribution in [2.24, 2.45) is 0 Å². The highest BCUT2D eigenvalue weighted by Gasteiger charge is 2.08. The number of benzene rings is 1. The molecule has 0 saturated heterocycles. The van der Waals surface area contributed by atoms with Gasteiger partial charge < -0.3 is 10.5 Å². The number of hydrogen-bond acceptors (Lipinski definition) is 4. The van der Waals surface area contributed by atoms with Crippen LogP contribution in [0.15, 0.2) is 41.4 Å². The standard InChI is InChI=1S/C14H15FN2OS/c1-18-6-7-19-13-8-12(16)9-17-14(13)10-2-4-11(15)5-3-10/h2-5,8-9H,6-7,16H2,1H3. The Labute approximate surface area is 116 Å². The first-order chi connectivity index (χ1) is 9.20. The summed E-state index contributed by atoms with van der Waals surface area (Å²) in [6, 6.07) is 8.17. The third-order valence-corrected chi connectivity index (χ3v) is 3.53. The summed E-state index contributed by atoms with van der Waals surface area (Å²) in [6.45, 7) is 0.655. The van der Waals surface area contributed by atoms with E-state index in [0.717, 1.165) is 21.9 Å². The van der Waals surface area contributed by atoms with Gasteiger partial charge in [-0.05, 0) is 30.3 Å². The van der Waals surface area contributed by atoms with Crippen LogP contribution in [0.5, 0.6) is 0 Å². The van der Waals surface area contributed by atoms with Crippen LogP contribution < -0.4 is 5.73 Å². The lowest BCUT2D eigenvalue weighted by Crippen LogP contribution is -1.96. The lowest BCUT2D eigenvalue weighted by atomic mass is 10.1. The Morgan fingerprint density at radius 1 is 1.32 bits per heavy atom. The summed E-state index contributed by atoms with van der Waals surface area (Å²) in [4.78, 5) is 5.32. The molecular formula is C14H15FN2OS. The van der Waals surface area contributed by atoms with Crippen molar-refractivity contribution in [3.63, 3.8) is 0 Å². The largest absolute Gasteiger partial charge is 0.397 e. The van der Waals surface area contributed by atoms with Crippen molar-refractivity contribution in [2.45, 2.75) is 4.90 Å². The van der Waals surface area contributed by atoms with Crippen LogP contribution >= 0.6 is 11.8 Å². The third kappa shape index (κ3) is 3.68. The van der Waals surface area contributed by atoms with Crippen LogP contribution in [-0.2, 0) is 4.74 Å². The van der Waals surface area contributed by atoms with Crippen molar-refractivity contribution >= 4 is 17.4 Å². The van der Waals surface area contributed by atoms with Gasteiger partial charge >= 0.3 is 0 Å². The predicted molar refractivity (Wildman–Crippen MR) is 76.6 cm³/mol. The fourth-order valence-electron chi connectivity index (χ4n) is 1.63. The summed E-state index contributed by atoms with van der Waals surface area (Å²) in [7, 11) is 1.67. The molecule has 5 heteroatoms. The van der Waals surface area contributed by atoms with Gasteiger partial charge in [0.2, 0.25) is 0 Å². The Morgan fingerprint density at radius 3 is 2.74 bits per heavy atom. The number of halogens is 1. The number of ether oxygens (including phenoxy) is 1. The Morgan fingerprint density at radius 2 is 2.05 bits per heavy atom. The molecule has 0 unspecified atom stereocenters. The zero-order valence-corrected chi connectivity index (χ0v) is 11.4. The van der Waals surface area contributed by atoms with Crippen LogP contribution in [0.4, 0.5) is 10.1 Å². The Kier molecular flexibility index (Phi) is 4.76. The van der Waals surface area contributed by atoms with Crippen molar-refractivity contribution in [3.8, 4) is 11.3 Å². The highest BCUT2D eigenvalue weighted by molar-refractivity contribution is 7.99. The molecule has 1 aromatic heterocycles. The molecule has 1 aromatic carbocycles. The van der Waals surface area contributed by atoms with Gasteiger partial charge in [-0.25, -0.2) is 4.39 Å². The van der Waals surface area contributed by atoms with E-state index < -0.39 is 0 Å². The van der Waals surface area contributed by atoms with Crippen LogP contribution in [0, 0.1) is 5.82 Å². The molecule has 3 nitrogen and oxygen atoms in total. The number of pyridine rings is 1. The highest BCUT2D eigenvalue weighted by Crippen LogP contribution is 2.31. The molecule has 0 radical (unpaired) electrons. The number of hydrogen-bond donors (Lipinski definition) is 1. The first-order valence-corrected chi connectivity index (χ1v) is 6.82. The van der Waals surface area contributed by atoms with Gasteiger partial charge in [0.25, 0.3) is 0 Å². The second kappa shape index (κ2) is 6.54. The first kappa shape index (κ1) is 13.8. The molecule has 0 spiro atoms. The third-order valence-electron chi connectivity index (χ3n) is 2.54. The number of nitrogen functional groups attached to an aromatic ring is 1. The summed E-state index contributed by atoms with van der Waals surface area (Å²) in [5.41, 5.74) is 8.07. The summed E-state index contributed by atoms with van der Waals surface area (Å²) in [5, 5.41) is 0. The molecule has 0 amide bonds. The molecule has 0 aliphatic carbocycles. The van der Waals surface area contributed by atoms with Crippen molar-refractivity contribution < 1.29 is 9.13 Å². The van der Waals surface area contributed by atoms with Gasteiger partial charge in [-0.3, -0.25) is 4.98 Å². The minimum absolute atomic E-state index is 0.257. The Balaban J connectivity index is 2.30. The van der Waals surface area contributed by atoms with E-state index >= 15 is 0 Å². The van der Waals surface area contributed by atoms with Crippen LogP contribution in [-0.4, -0.2) is 24.5 Å². The van der Waals surface area contributed by atoms with Gasteiger partial charge in [0.1, 0.15) is 5.82 Å².